The molecule has 2 radical (unpaired) electrons. The summed E-state index contributed by atoms with van der Waals surface area (Å²) in [6, 6.07) is 17.6. The SMILES string of the molecule is CC1=[C-]C(C)C(C)=C1C.Cc1cc(-c2c[cH-]c3ccccc23)cc(C)c1C.[CH3-].[CH3-].[Si]=[Zr]. The average molecular weight is 504 g/mol. The Morgan fingerprint density at radius 1 is 0.903 bits per heavy atom. The van der Waals surface area contributed by atoms with Gasteiger partial charge in [-0.15, -0.1) is 53.6 Å². The molecule has 3 aromatic carbocycles. The maximum atomic E-state index is 3.36. The zero-order valence-electron chi connectivity index (χ0n) is 20.7. The molecule has 0 amide bonds. The molecule has 3 aromatic rings. The van der Waals surface area contributed by atoms with Crippen LogP contribution in [0.4, 0.5) is 0 Å². The standard InChI is InChI=1S/C18H17.C9H13.2CH3.Si.Zr/c1-12-10-16(11-13(2)14(12)3)18-9-8-15-6-4-5-7-17(15)18;1-6-5-7(2)9(4)8(6)3;;;;/h4-11H,1-3H3;6H,1-4H3;2*1H3;;/q4*-1;;. The van der Waals surface area contributed by atoms with E-state index in [1.54, 1.807) is 0 Å². The van der Waals surface area contributed by atoms with E-state index in [4.69, 9.17) is 0 Å². The normalized spacial score (nSPS) is 14.4. The average Bonchev–Trinajstić information content (AvgIpc) is 3.25. The fraction of sp³-hybridized carbons (Fsp3) is 0.276. The van der Waals surface area contributed by atoms with E-state index in [1.165, 1.54) is 78.6 Å². The van der Waals surface area contributed by atoms with Gasteiger partial charge in [0, 0.05) is 0 Å². The van der Waals surface area contributed by atoms with E-state index in [0.29, 0.717) is 5.92 Å². The van der Waals surface area contributed by atoms with Gasteiger partial charge in [-0.3, -0.25) is 6.08 Å². The van der Waals surface area contributed by atoms with Crippen LogP contribution in [0.1, 0.15) is 44.4 Å². The first-order valence-corrected chi connectivity index (χ1v) is 14.2. The van der Waals surface area contributed by atoms with Crippen LogP contribution < -0.4 is 0 Å². The number of benzene rings is 2. The predicted molar refractivity (Wildman–Crippen MR) is 138 cm³/mol. The summed E-state index contributed by atoms with van der Waals surface area (Å²) in [5.41, 5.74) is 11.1. The van der Waals surface area contributed by atoms with Gasteiger partial charge in [-0.1, -0.05) is 50.5 Å². The van der Waals surface area contributed by atoms with Gasteiger partial charge in [-0.05, 0) is 37.5 Å². The molecular formula is C29H36SiZr-4. The molecule has 0 spiro atoms. The first-order valence-electron chi connectivity index (χ1n) is 10.0. The van der Waals surface area contributed by atoms with Gasteiger partial charge in [-0.25, -0.2) is 5.57 Å². The quantitative estimate of drug-likeness (QED) is 0.231. The van der Waals surface area contributed by atoms with Crippen molar-refractivity contribution in [2.45, 2.75) is 48.5 Å². The molecule has 1 aliphatic carbocycles. The van der Waals surface area contributed by atoms with E-state index in [9.17, 15) is 0 Å². The molecule has 0 saturated heterocycles. The van der Waals surface area contributed by atoms with Crippen LogP contribution in [0.2, 0.25) is 0 Å². The van der Waals surface area contributed by atoms with Crippen molar-refractivity contribution in [2.24, 2.45) is 5.92 Å². The number of aryl methyl sites for hydroxylation is 2. The minimum absolute atomic E-state index is 0. The third kappa shape index (κ3) is 6.80. The maximum absolute atomic E-state index is 3.36. The summed E-state index contributed by atoms with van der Waals surface area (Å²) in [5.74, 6) is 0.560. The van der Waals surface area contributed by atoms with Crippen molar-refractivity contribution in [2.75, 3.05) is 0 Å². The number of allylic oxidation sites excluding steroid dienone is 4. The molecule has 0 aliphatic heterocycles. The van der Waals surface area contributed by atoms with Gasteiger partial charge in [0.25, 0.3) is 0 Å². The van der Waals surface area contributed by atoms with Crippen molar-refractivity contribution in [3.63, 3.8) is 0 Å². The molecule has 0 nitrogen and oxygen atoms in total. The van der Waals surface area contributed by atoms with Gasteiger partial charge in [0.15, 0.2) is 0 Å². The van der Waals surface area contributed by atoms with E-state index in [-0.39, 0.29) is 14.9 Å². The topological polar surface area (TPSA) is 0 Å². The summed E-state index contributed by atoms with van der Waals surface area (Å²) in [7, 11) is 0. The molecule has 1 atom stereocenters. The van der Waals surface area contributed by atoms with E-state index in [0.717, 1.165) is 0 Å². The van der Waals surface area contributed by atoms with E-state index in [2.05, 4.69) is 110 Å². The molecule has 0 bridgehead atoms. The second kappa shape index (κ2) is 13.2. The first kappa shape index (κ1) is 29.6. The Balaban J connectivity index is 0.000000595. The van der Waals surface area contributed by atoms with Crippen LogP contribution in [-0.2, 0) is 23.3 Å². The summed E-state index contributed by atoms with van der Waals surface area (Å²) in [6.07, 6.45) is 3.36. The Hall–Kier alpha value is -1.37. The fourth-order valence-electron chi connectivity index (χ4n) is 3.76. The van der Waals surface area contributed by atoms with Crippen molar-refractivity contribution in [3.8, 4) is 11.1 Å². The molecule has 0 aromatic heterocycles. The summed E-state index contributed by atoms with van der Waals surface area (Å²) in [4.78, 5) is 0. The van der Waals surface area contributed by atoms with Gasteiger partial charge in [-0.2, -0.15) is 11.1 Å². The van der Waals surface area contributed by atoms with Crippen LogP contribution in [0.15, 0.2) is 65.3 Å². The molecular weight excluding hydrogens is 468 g/mol. The number of rotatable bonds is 1. The van der Waals surface area contributed by atoms with Gasteiger partial charge >= 0.3 is 30.2 Å². The molecule has 0 fully saturated rings. The van der Waals surface area contributed by atoms with Gasteiger partial charge < -0.3 is 14.9 Å². The third-order valence-electron chi connectivity index (χ3n) is 6.16. The van der Waals surface area contributed by atoms with Crippen LogP contribution in [-0.4, -0.2) is 6.88 Å². The Morgan fingerprint density at radius 3 is 1.90 bits per heavy atom. The molecule has 0 saturated carbocycles. The molecule has 1 aliphatic rings. The van der Waals surface area contributed by atoms with Crippen LogP contribution in [0.25, 0.3) is 21.9 Å². The summed E-state index contributed by atoms with van der Waals surface area (Å²) < 4.78 is 0. The Bertz CT molecular complexity index is 1040. The molecule has 31 heavy (non-hydrogen) atoms. The van der Waals surface area contributed by atoms with Crippen LogP contribution in [0, 0.1) is 47.6 Å². The summed E-state index contributed by atoms with van der Waals surface area (Å²) >= 11 is 1.36. The summed E-state index contributed by atoms with van der Waals surface area (Å²) in [6.45, 7) is 18.3. The van der Waals surface area contributed by atoms with Crippen molar-refractivity contribution in [1.29, 1.82) is 0 Å². The molecule has 2 heteroatoms. The van der Waals surface area contributed by atoms with Crippen LogP contribution in [0.3, 0.4) is 0 Å². The number of fused-ring (bicyclic) bond motifs is 1. The third-order valence-corrected chi connectivity index (χ3v) is 6.16. The second-order valence-corrected chi connectivity index (χ2v) is 7.87. The number of hydrogen-bond donors (Lipinski definition) is 0. The molecule has 0 N–H and O–H groups in total. The fourth-order valence-corrected chi connectivity index (χ4v) is 3.76. The molecule has 164 valence electrons. The van der Waals surface area contributed by atoms with Gasteiger partial charge in [0.05, 0.1) is 0 Å². The minimum atomic E-state index is 0. The van der Waals surface area contributed by atoms with Gasteiger partial charge in [0.2, 0.25) is 0 Å². The van der Waals surface area contributed by atoms with E-state index in [1.807, 2.05) is 0 Å². The monoisotopic (exact) mass is 502 g/mol. The van der Waals surface area contributed by atoms with E-state index >= 15 is 0 Å². The van der Waals surface area contributed by atoms with Gasteiger partial charge in [0.1, 0.15) is 0 Å². The molecule has 4 rings (SSSR count). The van der Waals surface area contributed by atoms with Crippen molar-refractivity contribution >= 4 is 17.7 Å². The Kier molecular flexibility index (Phi) is 12.7. The second-order valence-electron chi connectivity index (χ2n) is 7.87. The molecule has 1 unspecified atom stereocenters. The van der Waals surface area contributed by atoms with E-state index < -0.39 is 0 Å². The van der Waals surface area contributed by atoms with Crippen molar-refractivity contribution < 1.29 is 23.3 Å². The first-order chi connectivity index (χ1) is 13.8. The Labute approximate surface area is 208 Å². The van der Waals surface area contributed by atoms with Crippen LogP contribution in [0.5, 0.6) is 0 Å². The predicted octanol–water partition coefficient (Wildman–Crippen LogP) is 8.39. The van der Waals surface area contributed by atoms with Crippen LogP contribution >= 0.6 is 0 Å². The number of hydrogen-bond acceptors (Lipinski definition) is 0. The zero-order valence-corrected chi connectivity index (χ0v) is 24.2. The Morgan fingerprint density at radius 2 is 1.45 bits per heavy atom. The van der Waals surface area contributed by atoms with Crippen molar-refractivity contribution in [1.82, 2.24) is 0 Å². The summed E-state index contributed by atoms with van der Waals surface area (Å²) in [5, 5.41) is 2.67. The zero-order chi connectivity index (χ0) is 21.7. The van der Waals surface area contributed by atoms with Crippen molar-refractivity contribution in [3.05, 3.63) is 103 Å². The molecule has 0 heterocycles.